The van der Waals surface area contributed by atoms with Gasteiger partial charge < -0.3 is 15.2 Å². The lowest BCUT2D eigenvalue weighted by Crippen LogP contribution is -2.35. The van der Waals surface area contributed by atoms with Crippen LogP contribution in [0, 0.1) is 6.92 Å². The van der Waals surface area contributed by atoms with Gasteiger partial charge in [-0.15, -0.1) is 0 Å². The molecule has 0 fully saturated rings. The minimum atomic E-state index is -3.82. The summed E-state index contributed by atoms with van der Waals surface area (Å²) in [7, 11) is -3.82. The van der Waals surface area contributed by atoms with Gasteiger partial charge in [0.15, 0.2) is 10.9 Å². The first kappa shape index (κ1) is 22.4. The summed E-state index contributed by atoms with van der Waals surface area (Å²) in [5, 5.41) is 11.4. The zero-order valence-electron chi connectivity index (χ0n) is 17.5. The van der Waals surface area contributed by atoms with E-state index >= 15 is 0 Å². The number of hydrogen-bond acceptors (Lipinski definition) is 6. The van der Waals surface area contributed by atoms with Crippen LogP contribution in [0.2, 0.25) is 0 Å². The highest BCUT2D eigenvalue weighted by atomic mass is 32.2. The van der Waals surface area contributed by atoms with E-state index in [1.165, 1.54) is 18.2 Å². The second kappa shape index (κ2) is 9.39. The molecule has 0 aliphatic rings. The fourth-order valence-electron chi connectivity index (χ4n) is 3.28. The highest BCUT2D eigenvalue weighted by Gasteiger charge is 2.16. The molecule has 3 aromatic carbocycles. The van der Waals surface area contributed by atoms with E-state index in [2.05, 4.69) is 20.5 Å². The number of fused-ring (bicyclic) bond motifs is 1. The van der Waals surface area contributed by atoms with Gasteiger partial charge in [-0.25, -0.2) is 8.42 Å². The Hall–Kier alpha value is -3.76. The Kier molecular flexibility index (Phi) is 6.38. The van der Waals surface area contributed by atoms with Crippen molar-refractivity contribution in [1.82, 2.24) is 10.5 Å². The number of anilines is 2. The SMILES string of the molecule is Cc1cc(NS(=O)(=O)c2ccc(NC(=S)NC(=O)Cc3cccc4ccccc34)cc2)no1. The van der Waals surface area contributed by atoms with Gasteiger partial charge in [0.05, 0.1) is 11.3 Å². The Balaban J connectivity index is 1.36. The fraction of sp³-hybridized carbons (Fsp3) is 0.0870. The Labute approximate surface area is 196 Å². The predicted octanol–water partition coefficient (Wildman–Crippen LogP) is 3.99. The number of sulfonamides is 1. The summed E-state index contributed by atoms with van der Waals surface area (Å²) in [6.07, 6.45) is 0.174. The molecule has 0 saturated heterocycles. The largest absolute Gasteiger partial charge is 0.360 e. The topological polar surface area (TPSA) is 113 Å². The average Bonchev–Trinajstić information content (AvgIpc) is 3.18. The van der Waals surface area contributed by atoms with Gasteiger partial charge in [0.1, 0.15) is 5.76 Å². The zero-order valence-corrected chi connectivity index (χ0v) is 19.2. The van der Waals surface area contributed by atoms with Gasteiger partial charge in [-0.3, -0.25) is 9.52 Å². The number of thiocarbonyl (C=S) groups is 1. The van der Waals surface area contributed by atoms with E-state index in [1.54, 1.807) is 19.1 Å². The lowest BCUT2D eigenvalue weighted by atomic mass is 10.0. The molecule has 0 bridgehead atoms. The third kappa shape index (κ3) is 5.54. The molecule has 33 heavy (non-hydrogen) atoms. The highest BCUT2D eigenvalue weighted by molar-refractivity contribution is 7.92. The van der Waals surface area contributed by atoms with Crippen molar-refractivity contribution in [3.8, 4) is 0 Å². The minimum Gasteiger partial charge on any atom is -0.360 e. The van der Waals surface area contributed by atoms with Gasteiger partial charge in [-0.2, -0.15) is 0 Å². The number of nitrogens with one attached hydrogen (secondary N) is 3. The van der Waals surface area contributed by atoms with Crippen LogP contribution in [0.3, 0.4) is 0 Å². The van der Waals surface area contributed by atoms with Crippen molar-refractivity contribution in [2.75, 3.05) is 10.0 Å². The van der Waals surface area contributed by atoms with E-state index < -0.39 is 10.0 Å². The maximum atomic E-state index is 12.5. The molecule has 1 heterocycles. The van der Waals surface area contributed by atoms with Gasteiger partial charge >= 0.3 is 0 Å². The summed E-state index contributed by atoms with van der Waals surface area (Å²) in [5.41, 5.74) is 1.43. The monoisotopic (exact) mass is 480 g/mol. The van der Waals surface area contributed by atoms with Crippen LogP contribution in [0.25, 0.3) is 10.8 Å². The van der Waals surface area contributed by atoms with E-state index in [-0.39, 0.29) is 28.2 Å². The molecule has 10 heteroatoms. The van der Waals surface area contributed by atoms with Crippen LogP contribution in [-0.2, 0) is 21.2 Å². The van der Waals surface area contributed by atoms with Crippen LogP contribution < -0.4 is 15.4 Å². The summed E-state index contributed by atoms with van der Waals surface area (Å²) in [6.45, 7) is 1.66. The first-order valence-corrected chi connectivity index (χ1v) is 11.8. The third-order valence-electron chi connectivity index (χ3n) is 4.77. The van der Waals surface area contributed by atoms with E-state index in [0.717, 1.165) is 16.3 Å². The maximum Gasteiger partial charge on any atom is 0.263 e. The number of hydrogen-bond donors (Lipinski definition) is 3. The van der Waals surface area contributed by atoms with Crippen LogP contribution in [0.1, 0.15) is 11.3 Å². The standard InChI is InChI=1S/C23H20N4O4S2/c1-15-13-21(26-31-15)27-33(29,30)19-11-9-18(10-12-19)24-23(32)25-22(28)14-17-7-4-6-16-5-2-3-8-20(16)17/h2-13H,14H2,1H3,(H,26,27)(H2,24,25,28,32). The Morgan fingerprint density at radius 2 is 1.76 bits per heavy atom. The number of nitrogens with zero attached hydrogens (tertiary/aromatic N) is 1. The van der Waals surface area contributed by atoms with Gasteiger partial charge in [-0.1, -0.05) is 47.6 Å². The molecule has 4 aromatic rings. The quantitative estimate of drug-likeness (QED) is 0.358. The Bertz CT molecular complexity index is 1430. The van der Waals surface area contributed by atoms with Crippen LogP contribution in [-0.4, -0.2) is 24.6 Å². The number of rotatable bonds is 6. The number of amides is 1. The molecule has 8 nitrogen and oxygen atoms in total. The van der Waals surface area contributed by atoms with Crippen LogP contribution in [0.4, 0.5) is 11.5 Å². The summed E-state index contributed by atoms with van der Waals surface area (Å²) in [5.74, 6) is 0.336. The second-order valence-electron chi connectivity index (χ2n) is 7.27. The molecule has 4 rings (SSSR count). The van der Waals surface area contributed by atoms with Crippen molar-refractivity contribution < 1.29 is 17.7 Å². The van der Waals surface area contributed by atoms with Crippen LogP contribution in [0.15, 0.2) is 82.2 Å². The zero-order chi connectivity index (χ0) is 23.4. The van der Waals surface area contributed by atoms with Crippen molar-refractivity contribution >= 4 is 55.5 Å². The summed E-state index contributed by atoms with van der Waals surface area (Å²) >= 11 is 5.23. The highest BCUT2D eigenvalue weighted by Crippen LogP contribution is 2.20. The summed E-state index contributed by atoms with van der Waals surface area (Å²) in [6, 6.07) is 21.1. The molecule has 168 valence electrons. The average molecular weight is 481 g/mol. The van der Waals surface area contributed by atoms with Crippen LogP contribution in [0.5, 0.6) is 0 Å². The normalized spacial score (nSPS) is 11.2. The van der Waals surface area contributed by atoms with Gasteiger partial charge in [0.25, 0.3) is 10.0 Å². The van der Waals surface area contributed by atoms with Crippen molar-refractivity contribution in [3.63, 3.8) is 0 Å². The van der Waals surface area contributed by atoms with Crippen molar-refractivity contribution in [1.29, 1.82) is 0 Å². The molecule has 0 spiro atoms. The van der Waals surface area contributed by atoms with Gasteiger partial charge in [0, 0.05) is 11.8 Å². The number of aryl methyl sites for hydroxylation is 1. The molecule has 0 radical (unpaired) electrons. The number of aromatic nitrogens is 1. The second-order valence-corrected chi connectivity index (χ2v) is 9.36. The Morgan fingerprint density at radius 1 is 1.03 bits per heavy atom. The lowest BCUT2D eigenvalue weighted by Gasteiger charge is -2.11. The van der Waals surface area contributed by atoms with Crippen molar-refractivity contribution in [2.24, 2.45) is 0 Å². The molecular formula is C23H20N4O4S2. The molecule has 0 aliphatic carbocycles. The van der Waals surface area contributed by atoms with E-state index in [4.69, 9.17) is 16.7 Å². The molecule has 0 aliphatic heterocycles. The molecule has 0 saturated carbocycles. The van der Waals surface area contributed by atoms with Gasteiger partial charge in [0.2, 0.25) is 5.91 Å². The van der Waals surface area contributed by atoms with Crippen molar-refractivity contribution in [3.05, 3.63) is 84.1 Å². The number of carbonyl (C=O) groups is 1. The van der Waals surface area contributed by atoms with E-state index in [0.29, 0.717) is 11.4 Å². The maximum absolute atomic E-state index is 12.5. The smallest absolute Gasteiger partial charge is 0.263 e. The number of carbonyl (C=O) groups excluding carboxylic acids is 1. The third-order valence-corrected chi connectivity index (χ3v) is 6.35. The lowest BCUT2D eigenvalue weighted by molar-refractivity contribution is -0.119. The minimum absolute atomic E-state index is 0.0413. The summed E-state index contributed by atoms with van der Waals surface area (Å²) < 4.78 is 32.1. The van der Waals surface area contributed by atoms with Gasteiger partial charge in [-0.05, 0) is 59.7 Å². The number of benzene rings is 3. The molecule has 3 N–H and O–H groups in total. The van der Waals surface area contributed by atoms with Crippen molar-refractivity contribution in [2.45, 2.75) is 18.2 Å². The fourth-order valence-corrected chi connectivity index (χ4v) is 4.50. The molecule has 0 unspecified atom stereocenters. The molecule has 1 aromatic heterocycles. The Morgan fingerprint density at radius 3 is 2.48 bits per heavy atom. The predicted molar refractivity (Wildman–Crippen MR) is 131 cm³/mol. The first-order chi connectivity index (χ1) is 15.8. The van der Waals surface area contributed by atoms with E-state index in [9.17, 15) is 13.2 Å². The molecule has 0 atom stereocenters. The van der Waals surface area contributed by atoms with Crippen LogP contribution >= 0.6 is 12.2 Å². The van der Waals surface area contributed by atoms with E-state index in [1.807, 2.05) is 42.5 Å². The summed E-state index contributed by atoms with van der Waals surface area (Å²) in [4.78, 5) is 12.5. The molecule has 1 amide bonds. The molecular weight excluding hydrogens is 460 g/mol. The first-order valence-electron chi connectivity index (χ1n) is 9.94.